The van der Waals surface area contributed by atoms with Gasteiger partial charge < -0.3 is 9.84 Å². The highest BCUT2D eigenvalue weighted by atomic mass is 16.5. The smallest absolute Gasteiger partial charge is 0.328 e. The Morgan fingerprint density at radius 3 is 2.72 bits per heavy atom. The van der Waals surface area contributed by atoms with Crippen LogP contribution in [0.2, 0.25) is 0 Å². The number of allylic oxidation sites excluding steroid dienone is 3. The number of hydrogen-bond donors (Lipinski definition) is 1. The third kappa shape index (κ3) is 3.24. The fraction of sp³-hybridized carbons (Fsp3) is 0.500. The normalized spacial score (nSPS) is 27.2. The fourth-order valence-corrected chi connectivity index (χ4v) is 3.81. The van der Waals surface area contributed by atoms with Gasteiger partial charge in [-0.25, -0.2) is 4.79 Å². The van der Waals surface area contributed by atoms with Gasteiger partial charge in [-0.05, 0) is 47.8 Å². The predicted molar refractivity (Wildman–Crippen MR) is 100 cm³/mol. The molecule has 134 valence electrons. The summed E-state index contributed by atoms with van der Waals surface area (Å²) in [5.74, 6) is 0.653. The van der Waals surface area contributed by atoms with Crippen LogP contribution in [-0.2, 0) is 22.0 Å². The maximum absolute atomic E-state index is 10.7. The van der Waals surface area contributed by atoms with Crippen molar-refractivity contribution >= 4 is 5.97 Å². The van der Waals surface area contributed by atoms with Crippen LogP contribution in [0.5, 0.6) is 5.75 Å². The summed E-state index contributed by atoms with van der Waals surface area (Å²) in [4.78, 5) is 10.7. The van der Waals surface area contributed by atoms with E-state index in [2.05, 4.69) is 45.9 Å². The first-order valence-corrected chi connectivity index (χ1v) is 9.07. The molecule has 1 N–H and O–H groups in total. The molecule has 0 bridgehead atoms. The summed E-state index contributed by atoms with van der Waals surface area (Å²) in [6.45, 7) is 11.6. The second-order valence-corrected chi connectivity index (χ2v) is 8.35. The Hall–Kier alpha value is -2.03. The average Bonchev–Trinajstić information content (AvgIpc) is 3.11. The number of carboxylic acid groups (broad SMARTS) is 1. The molecule has 0 spiro atoms. The van der Waals surface area contributed by atoms with E-state index in [0.29, 0.717) is 5.92 Å². The van der Waals surface area contributed by atoms with Crippen LogP contribution in [0, 0.1) is 5.92 Å². The van der Waals surface area contributed by atoms with Crippen LogP contribution in [0.15, 0.2) is 35.9 Å². The first-order chi connectivity index (χ1) is 11.7. The lowest BCUT2D eigenvalue weighted by molar-refractivity contribution is -0.131. The number of fused-ring (bicyclic) bond motifs is 1. The van der Waals surface area contributed by atoms with Crippen molar-refractivity contribution in [1.82, 2.24) is 0 Å². The van der Waals surface area contributed by atoms with Gasteiger partial charge in [-0.15, -0.1) is 0 Å². The van der Waals surface area contributed by atoms with E-state index in [1.807, 2.05) is 13.0 Å². The van der Waals surface area contributed by atoms with Crippen molar-refractivity contribution in [3.63, 3.8) is 0 Å². The predicted octanol–water partition coefficient (Wildman–Crippen LogP) is 4.78. The lowest BCUT2D eigenvalue weighted by atomic mass is 9.82. The van der Waals surface area contributed by atoms with Gasteiger partial charge in [0, 0.05) is 17.1 Å². The van der Waals surface area contributed by atoms with Gasteiger partial charge in [-0.1, -0.05) is 52.0 Å². The van der Waals surface area contributed by atoms with Gasteiger partial charge >= 0.3 is 5.97 Å². The quantitative estimate of drug-likeness (QED) is 0.619. The molecule has 0 aromatic heterocycles. The second-order valence-electron chi connectivity index (χ2n) is 8.35. The van der Waals surface area contributed by atoms with Gasteiger partial charge in [-0.3, -0.25) is 0 Å². The van der Waals surface area contributed by atoms with E-state index < -0.39 is 5.97 Å². The van der Waals surface area contributed by atoms with Crippen LogP contribution in [0.3, 0.4) is 0 Å². The molecular weight excluding hydrogens is 312 g/mol. The molecule has 2 aliphatic rings. The molecule has 1 saturated carbocycles. The van der Waals surface area contributed by atoms with E-state index in [0.717, 1.165) is 30.8 Å². The van der Waals surface area contributed by atoms with Gasteiger partial charge in [0.2, 0.25) is 0 Å². The van der Waals surface area contributed by atoms with E-state index in [1.54, 1.807) is 0 Å². The summed E-state index contributed by atoms with van der Waals surface area (Å²) in [7, 11) is 0. The summed E-state index contributed by atoms with van der Waals surface area (Å²) < 4.78 is 5.99. The molecule has 0 radical (unpaired) electrons. The summed E-state index contributed by atoms with van der Waals surface area (Å²) in [6, 6.07) is 4.66. The van der Waals surface area contributed by atoms with Crippen LogP contribution in [0.1, 0.15) is 57.7 Å². The van der Waals surface area contributed by atoms with Gasteiger partial charge in [0.25, 0.3) is 0 Å². The Morgan fingerprint density at radius 2 is 2.08 bits per heavy atom. The molecule has 0 amide bonds. The minimum absolute atomic E-state index is 0.0622. The Morgan fingerprint density at radius 1 is 1.36 bits per heavy atom. The largest absolute Gasteiger partial charge is 0.492 e. The number of aryl methyl sites for hydroxylation is 1. The van der Waals surface area contributed by atoms with E-state index in [1.165, 1.54) is 22.8 Å². The molecule has 1 heterocycles. The summed E-state index contributed by atoms with van der Waals surface area (Å²) in [5.41, 5.74) is 5.00. The number of benzene rings is 1. The number of carbonyl (C=O) groups is 1. The second kappa shape index (κ2) is 6.05. The lowest BCUT2D eigenvalue weighted by Gasteiger charge is -2.20. The fourth-order valence-electron chi connectivity index (χ4n) is 3.81. The van der Waals surface area contributed by atoms with Crippen molar-refractivity contribution in [3.8, 4) is 5.75 Å². The van der Waals surface area contributed by atoms with Crippen LogP contribution in [0.25, 0.3) is 0 Å². The zero-order valence-electron chi connectivity index (χ0n) is 15.8. The van der Waals surface area contributed by atoms with Crippen LogP contribution in [0.4, 0.5) is 0 Å². The number of rotatable bonds is 5. The monoisotopic (exact) mass is 340 g/mol. The maximum atomic E-state index is 10.7. The maximum Gasteiger partial charge on any atom is 0.328 e. The van der Waals surface area contributed by atoms with Crippen molar-refractivity contribution in [2.45, 2.75) is 58.3 Å². The highest BCUT2D eigenvalue weighted by Gasteiger charge is 2.50. The highest BCUT2D eigenvalue weighted by Crippen LogP contribution is 2.56. The van der Waals surface area contributed by atoms with Crippen molar-refractivity contribution in [2.24, 2.45) is 5.92 Å². The molecule has 1 aromatic carbocycles. The molecule has 25 heavy (non-hydrogen) atoms. The van der Waals surface area contributed by atoms with Crippen LogP contribution in [-0.4, -0.2) is 17.7 Å². The Kier molecular flexibility index (Phi) is 4.30. The van der Waals surface area contributed by atoms with Crippen molar-refractivity contribution in [2.75, 3.05) is 6.61 Å². The number of ether oxygens (including phenoxy) is 1. The molecule has 3 nitrogen and oxygen atoms in total. The molecule has 3 rings (SSSR count). The minimum atomic E-state index is -0.894. The zero-order chi connectivity index (χ0) is 18.4. The average molecular weight is 340 g/mol. The van der Waals surface area contributed by atoms with E-state index in [9.17, 15) is 4.79 Å². The highest BCUT2D eigenvalue weighted by molar-refractivity contribution is 5.81. The molecule has 1 aromatic rings. The lowest BCUT2D eigenvalue weighted by Crippen LogP contribution is -2.18. The number of hydrogen-bond acceptors (Lipinski definition) is 2. The zero-order valence-corrected chi connectivity index (χ0v) is 15.8. The third-order valence-electron chi connectivity index (χ3n) is 5.76. The minimum Gasteiger partial charge on any atom is -0.492 e. The number of aliphatic carboxylic acids is 1. The van der Waals surface area contributed by atoms with Gasteiger partial charge in [0.15, 0.2) is 0 Å². The Balaban J connectivity index is 1.88. The van der Waals surface area contributed by atoms with E-state index in [4.69, 9.17) is 9.84 Å². The molecule has 0 saturated heterocycles. The molecule has 1 aliphatic carbocycles. The topological polar surface area (TPSA) is 46.5 Å². The first kappa shape index (κ1) is 17.8. The Bertz CT molecular complexity index is 770. The van der Waals surface area contributed by atoms with Gasteiger partial charge in [-0.2, -0.15) is 0 Å². The van der Waals surface area contributed by atoms with Gasteiger partial charge in [0.1, 0.15) is 5.75 Å². The third-order valence-corrected chi connectivity index (χ3v) is 5.76. The number of carboxylic acids is 1. The molecule has 2 atom stereocenters. The summed E-state index contributed by atoms with van der Waals surface area (Å²) in [6.07, 6.45) is 7.43. The molecule has 0 unspecified atom stereocenters. The van der Waals surface area contributed by atoms with E-state index >= 15 is 0 Å². The van der Waals surface area contributed by atoms with Crippen molar-refractivity contribution < 1.29 is 14.6 Å². The van der Waals surface area contributed by atoms with Crippen molar-refractivity contribution in [1.29, 1.82) is 0 Å². The SMILES string of the molecule is CCc1cc([C@@]2(C)C[C@H]2C=CC(C)=CC(=O)O)cc2c1OCC2(C)C. The van der Waals surface area contributed by atoms with Crippen LogP contribution < -0.4 is 4.74 Å². The van der Waals surface area contributed by atoms with Crippen molar-refractivity contribution in [3.05, 3.63) is 52.6 Å². The summed E-state index contributed by atoms with van der Waals surface area (Å²) in [5, 5.41) is 8.82. The molecule has 1 fully saturated rings. The standard InChI is InChI=1S/C22H28O3/c1-6-15-10-17(11-18-20(15)25-13-21(18,3)4)22(5)12-16(22)8-7-14(2)9-19(23)24/h7-11,16H,6,12-13H2,1-5H3,(H,23,24)/t16-,22+/m1/s1. The van der Waals surface area contributed by atoms with Crippen LogP contribution >= 0.6 is 0 Å². The molecule has 3 heteroatoms. The molecular formula is C22H28O3. The Labute approximate surface area is 150 Å². The van der Waals surface area contributed by atoms with E-state index in [-0.39, 0.29) is 10.8 Å². The molecule has 1 aliphatic heterocycles. The summed E-state index contributed by atoms with van der Waals surface area (Å²) >= 11 is 0. The first-order valence-electron chi connectivity index (χ1n) is 9.07. The van der Waals surface area contributed by atoms with Gasteiger partial charge in [0.05, 0.1) is 6.61 Å².